The third-order valence-corrected chi connectivity index (χ3v) is 0. The Morgan fingerprint density at radius 3 is 0.500 bits per heavy atom. The zero-order valence-corrected chi connectivity index (χ0v) is 6.36. The van der Waals surface area contributed by atoms with Gasteiger partial charge in [-0.05, 0) is 0 Å². The minimum atomic E-state index is 0. The molecule has 0 bridgehead atoms. The Morgan fingerprint density at radius 1 is 0.500 bits per heavy atom. The molecule has 0 aromatic carbocycles. The third kappa shape index (κ3) is 24.7. The van der Waals surface area contributed by atoms with Gasteiger partial charge >= 0.3 is 69.2 Å². The van der Waals surface area contributed by atoms with Gasteiger partial charge in [0, 0.05) is 0 Å². The first kappa shape index (κ1) is 51.6. The van der Waals surface area contributed by atoms with Gasteiger partial charge < -0.3 is 8.56 Å². The molecular weight excluding hydrogens is 154 g/mol. The molecule has 0 saturated heterocycles. The van der Waals surface area contributed by atoms with Crippen LogP contribution in [0.15, 0.2) is 0 Å². The molecule has 0 aliphatic rings. The van der Waals surface area contributed by atoms with Crippen LogP contribution in [0.3, 0.4) is 0 Å². The Kier molecular flexibility index (Phi) is 314. The second kappa shape index (κ2) is 36.5. The van der Waals surface area contributed by atoms with Crippen molar-refractivity contribution in [3.8, 4) is 0 Å². The van der Waals surface area contributed by atoms with Gasteiger partial charge in [0.1, 0.15) is 0 Å². The molecule has 0 saturated carbocycles. The largest absolute Gasteiger partial charge is 2.00 e. The maximum Gasteiger partial charge on any atom is 2.00 e. The van der Waals surface area contributed by atoms with Gasteiger partial charge in [0.15, 0.2) is 52.1 Å². The second-order valence-corrected chi connectivity index (χ2v) is 0. The first-order chi connectivity index (χ1) is 0. The van der Waals surface area contributed by atoms with Crippen molar-refractivity contribution >= 4 is 121 Å². The fraction of sp³-hybridized carbons (Fsp3) is 0. The predicted molar refractivity (Wildman–Crippen MR) is 53.8 cm³/mol. The van der Waals surface area contributed by atoms with Crippen molar-refractivity contribution in [2.45, 2.75) is 0 Å². The average molecular weight is 169 g/mol. The predicted octanol–water partition coefficient (Wildman–Crippen LogP) is -4.02. The summed E-state index contributed by atoms with van der Waals surface area (Å²) in [6.45, 7) is 0. The van der Waals surface area contributed by atoms with E-state index in [2.05, 4.69) is 0 Å². The summed E-state index contributed by atoms with van der Waals surface area (Å²) in [5.41, 5.74) is 0. The third-order valence-electron chi connectivity index (χ3n) is 0. The molecule has 0 aromatic rings. The minimum absolute atomic E-state index is 0. The molecule has 0 rings (SSSR count). The number of hydrogen-bond acceptors (Lipinski definition) is 0. The van der Waals surface area contributed by atoms with E-state index < -0.39 is 0 Å². The Hall–Kier alpha value is 3.90. The van der Waals surface area contributed by atoms with Gasteiger partial charge in [0.2, 0.25) is 0 Å². The topological polar surface area (TPSA) is 0 Å². The summed E-state index contributed by atoms with van der Waals surface area (Å²) < 4.78 is 0. The van der Waals surface area contributed by atoms with Crippen LogP contribution < -0.4 is 0 Å². The Balaban J connectivity index is 0. The molecule has 0 aliphatic heterocycles. The maximum atomic E-state index is 0. The molecule has 0 fully saturated rings. The van der Waals surface area contributed by atoms with E-state index in [1.54, 1.807) is 0 Å². The smallest absolute Gasteiger partial charge is 1.00 e. The van der Waals surface area contributed by atoms with Crippen molar-refractivity contribution < 1.29 is 8.56 Å². The first-order valence-electron chi connectivity index (χ1n) is 0. The van der Waals surface area contributed by atoms with Crippen molar-refractivity contribution in [2.24, 2.45) is 0 Å². The van der Waals surface area contributed by atoms with Crippen LogP contribution >= 0.6 is 0 Å². The van der Waals surface area contributed by atoms with Gasteiger partial charge in [-0.1, -0.05) is 0 Å². The quantitative estimate of drug-likeness (QED) is 0.324. The van der Waals surface area contributed by atoms with E-state index in [0.717, 1.165) is 0 Å². The molecule has 0 aromatic heterocycles. The maximum absolute atomic E-state index is 0. The summed E-state index contributed by atoms with van der Waals surface area (Å²) in [4.78, 5) is 0. The molecule has 0 aliphatic carbocycles. The summed E-state index contributed by atoms with van der Waals surface area (Å²) >= 11 is 0. The van der Waals surface area contributed by atoms with E-state index in [9.17, 15) is 0 Å². The standard InChI is InChI=1S/3Al.3Mg.15H/q;;;3*+2;;;;;;;;;;6*-1. The zero-order chi connectivity index (χ0) is 0. The first-order valence-corrected chi connectivity index (χ1v) is 0. The van der Waals surface area contributed by atoms with E-state index in [4.69, 9.17) is 0 Å². The van der Waals surface area contributed by atoms with Gasteiger partial charge in [0.05, 0.1) is 0 Å². The molecular formula is H15Al3Mg3. The van der Waals surface area contributed by atoms with Crippen LogP contribution in [0.4, 0.5) is 0 Å². The van der Waals surface area contributed by atoms with E-state index in [0.29, 0.717) is 0 Å². The van der Waals surface area contributed by atoms with E-state index in [1.165, 1.54) is 0 Å². The van der Waals surface area contributed by atoms with Crippen molar-refractivity contribution in [1.29, 1.82) is 0 Å². The molecule has 0 atom stereocenters. The van der Waals surface area contributed by atoms with Crippen molar-refractivity contribution in [3.63, 3.8) is 0 Å². The zero-order valence-electron chi connectivity index (χ0n) is 8.12. The van der Waals surface area contributed by atoms with E-state index in [-0.39, 0.29) is 130 Å². The normalized spacial score (nSPS) is 0. The summed E-state index contributed by atoms with van der Waals surface area (Å²) in [5.74, 6) is 0. The molecule has 0 amide bonds. The van der Waals surface area contributed by atoms with E-state index >= 15 is 0 Å². The van der Waals surface area contributed by atoms with Gasteiger partial charge in [-0.15, -0.1) is 0 Å². The molecule has 6 heavy (non-hydrogen) atoms. The Morgan fingerprint density at radius 2 is 0.500 bits per heavy atom. The van der Waals surface area contributed by atoms with Gasteiger partial charge in [0.25, 0.3) is 0 Å². The SMILES string of the molecule is [AlH3].[AlH3].[AlH3].[H-].[H-].[H-].[H-].[H-].[H-].[Mg+2].[Mg+2].[Mg+2]. The fourth-order valence-corrected chi connectivity index (χ4v) is 0. The van der Waals surface area contributed by atoms with Crippen LogP contribution in [-0.2, 0) is 0 Å². The molecule has 30 valence electrons. The van der Waals surface area contributed by atoms with Crippen molar-refractivity contribution in [1.82, 2.24) is 0 Å². The molecule has 0 unspecified atom stereocenters. The van der Waals surface area contributed by atoms with Crippen LogP contribution in [0.5, 0.6) is 0 Å². The Labute approximate surface area is 128 Å². The summed E-state index contributed by atoms with van der Waals surface area (Å²) in [5, 5.41) is 0. The number of rotatable bonds is 0. The molecule has 0 nitrogen and oxygen atoms in total. The van der Waals surface area contributed by atoms with Crippen LogP contribution in [0.1, 0.15) is 8.56 Å². The van der Waals surface area contributed by atoms with Gasteiger partial charge in [-0.25, -0.2) is 0 Å². The molecule has 0 spiro atoms. The molecule has 0 radical (unpaired) electrons. The van der Waals surface area contributed by atoms with Gasteiger partial charge in [-0.2, -0.15) is 0 Å². The number of hydrogen-bond donors (Lipinski definition) is 0. The van der Waals surface area contributed by atoms with Gasteiger partial charge in [-0.3, -0.25) is 0 Å². The van der Waals surface area contributed by atoms with Crippen molar-refractivity contribution in [3.05, 3.63) is 0 Å². The monoisotopic (exact) mass is 168 g/mol. The summed E-state index contributed by atoms with van der Waals surface area (Å²) in [6, 6.07) is 0. The Bertz CT molecular complexity index is 18.0. The minimum Gasteiger partial charge on any atom is -1.00 e. The van der Waals surface area contributed by atoms with E-state index in [1.807, 2.05) is 0 Å². The van der Waals surface area contributed by atoms with Crippen LogP contribution in [-0.4, -0.2) is 121 Å². The summed E-state index contributed by atoms with van der Waals surface area (Å²) in [6.07, 6.45) is 0. The van der Waals surface area contributed by atoms with Crippen LogP contribution in [0, 0.1) is 0 Å². The molecule has 0 N–H and O–H groups in total. The van der Waals surface area contributed by atoms with Crippen LogP contribution in [0.25, 0.3) is 0 Å². The second-order valence-electron chi connectivity index (χ2n) is 0. The molecule has 0 heterocycles. The van der Waals surface area contributed by atoms with Crippen LogP contribution in [0.2, 0.25) is 0 Å². The summed E-state index contributed by atoms with van der Waals surface area (Å²) in [7, 11) is 0. The fourth-order valence-electron chi connectivity index (χ4n) is 0. The van der Waals surface area contributed by atoms with Crippen molar-refractivity contribution in [2.75, 3.05) is 0 Å². The molecule has 6 heteroatoms. The average Bonchev–Trinajstić information content (AvgIpc) is 0.